The van der Waals surface area contributed by atoms with Gasteiger partial charge in [0.15, 0.2) is 5.78 Å². The maximum atomic E-state index is 12.9. The van der Waals surface area contributed by atoms with Crippen molar-refractivity contribution in [1.82, 2.24) is 0 Å². The highest BCUT2D eigenvalue weighted by atomic mass is 35.5. The Bertz CT molecular complexity index is 655. The fourth-order valence-corrected chi connectivity index (χ4v) is 1.62. The zero-order valence-corrected chi connectivity index (χ0v) is 12.8. The van der Waals surface area contributed by atoms with Crippen LogP contribution in [0.25, 0.3) is 0 Å². The average molecular weight is 332 g/mol. The Morgan fingerprint density at radius 3 is 2.36 bits per heavy atom. The lowest BCUT2D eigenvalue weighted by molar-refractivity contribution is -0.137. The van der Waals surface area contributed by atoms with Crippen LogP contribution >= 0.6 is 11.6 Å². The molecule has 118 valence electrons. The van der Waals surface area contributed by atoms with Crippen LogP contribution in [0.4, 0.5) is 18.9 Å². The highest BCUT2D eigenvalue weighted by Crippen LogP contribution is 2.36. The number of hydrogen-bond donors (Lipinski definition) is 1. The fourth-order valence-electron chi connectivity index (χ4n) is 1.45. The molecule has 0 saturated carbocycles. The van der Waals surface area contributed by atoms with E-state index in [1.54, 1.807) is 26.8 Å². The van der Waals surface area contributed by atoms with Crippen LogP contribution in [0.2, 0.25) is 5.02 Å². The van der Waals surface area contributed by atoms with E-state index >= 15 is 0 Å². The normalized spacial score (nSPS) is 12.7. The lowest BCUT2D eigenvalue weighted by Crippen LogP contribution is -2.28. The molecule has 0 aromatic heterocycles. The summed E-state index contributed by atoms with van der Waals surface area (Å²) in [6.07, 6.45) is -4.65. The van der Waals surface area contributed by atoms with Crippen LogP contribution in [0.1, 0.15) is 26.3 Å². The fraction of sp³-hybridized carbons (Fsp3) is 0.357. The Hall–Kier alpha value is -2.07. The molecular weight excluding hydrogens is 319 g/mol. The molecule has 8 heteroatoms. The average Bonchev–Trinajstić information content (AvgIpc) is 2.38. The number of hydrogen-bond acceptors (Lipinski definition) is 4. The number of anilines is 1. The van der Waals surface area contributed by atoms with Gasteiger partial charge in [0.1, 0.15) is 6.07 Å². The van der Waals surface area contributed by atoms with Crippen LogP contribution in [0.5, 0.6) is 0 Å². The third-order valence-electron chi connectivity index (χ3n) is 2.58. The van der Waals surface area contributed by atoms with Crippen LogP contribution in [0, 0.1) is 16.7 Å². The minimum atomic E-state index is -4.65. The molecule has 0 fully saturated rings. The summed E-state index contributed by atoms with van der Waals surface area (Å²) in [7, 11) is 0. The maximum Gasteiger partial charge on any atom is 0.418 e. The largest absolute Gasteiger partial charge is 0.418 e. The zero-order chi connectivity index (χ0) is 17.1. The summed E-state index contributed by atoms with van der Waals surface area (Å²) in [5, 5.41) is 12.3. The van der Waals surface area contributed by atoms with E-state index < -0.39 is 34.3 Å². The molecule has 0 aliphatic carbocycles. The van der Waals surface area contributed by atoms with Gasteiger partial charge in [0.2, 0.25) is 5.71 Å². The van der Waals surface area contributed by atoms with Gasteiger partial charge in [-0.05, 0) is 18.2 Å². The number of alkyl halides is 3. The van der Waals surface area contributed by atoms with Crippen LogP contribution in [-0.2, 0) is 11.0 Å². The molecule has 0 saturated heterocycles. The molecule has 22 heavy (non-hydrogen) atoms. The van der Waals surface area contributed by atoms with Gasteiger partial charge in [-0.25, -0.2) is 0 Å². The lowest BCUT2D eigenvalue weighted by Gasteiger charge is -2.15. The number of Topliss-reactive ketones (excluding diaryl/α,β-unsaturated/α-hetero) is 1. The van der Waals surface area contributed by atoms with Gasteiger partial charge in [-0.2, -0.15) is 23.5 Å². The van der Waals surface area contributed by atoms with Gasteiger partial charge < -0.3 is 0 Å². The summed E-state index contributed by atoms with van der Waals surface area (Å²) in [4.78, 5) is 11.9. The van der Waals surface area contributed by atoms with Crippen molar-refractivity contribution in [1.29, 1.82) is 5.26 Å². The highest BCUT2D eigenvalue weighted by Gasteiger charge is 2.34. The molecule has 0 spiro atoms. The van der Waals surface area contributed by atoms with E-state index in [-0.39, 0.29) is 5.02 Å². The molecule has 0 heterocycles. The molecule has 0 aliphatic rings. The number of nitriles is 1. The predicted octanol–water partition coefficient (Wildman–Crippen LogP) is 4.27. The quantitative estimate of drug-likeness (QED) is 0.664. The van der Waals surface area contributed by atoms with E-state index in [0.717, 1.165) is 12.1 Å². The van der Waals surface area contributed by atoms with Crippen LogP contribution in [0.15, 0.2) is 23.3 Å². The second-order valence-corrected chi connectivity index (χ2v) is 5.89. The van der Waals surface area contributed by atoms with Gasteiger partial charge >= 0.3 is 6.18 Å². The molecule has 1 rings (SSSR count). The second-order valence-electron chi connectivity index (χ2n) is 5.45. The Morgan fingerprint density at radius 2 is 1.91 bits per heavy atom. The molecule has 1 N–H and O–H groups in total. The minimum Gasteiger partial charge on any atom is -0.291 e. The first-order chi connectivity index (χ1) is 9.96. The van der Waals surface area contributed by atoms with Gasteiger partial charge in [-0.1, -0.05) is 32.4 Å². The number of nitrogens with one attached hydrogen (secondary N) is 1. The van der Waals surface area contributed by atoms with Gasteiger partial charge in [-0.3, -0.25) is 10.2 Å². The molecule has 1 aromatic rings. The first-order valence-electron chi connectivity index (χ1n) is 6.12. The molecule has 0 unspecified atom stereocenters. The Morgan fingerprint density at radius 1 is 1.32 bits per heavy atom. The standard InChI is InChI=1S/C14H13ClF3N3O/c1-13(2,3)12(22)11(7-19)21-20-10-5-4-8(15)6-9(10)14(16,17)18/h4-6,20H,1-3H3/b21-11+. The van der Waals surface area contributed by atoms with Crippen LogP contribution in [-0.4, -0.2) is 11.5 Å². The van der Waals surface area contributed by atoms with Crippen LogP contribution in [0.3, 0.4) is 0 Å². The predicted molar refractivity (Wildman–Crippen MR) is 77.6 cm³/mol. The molecule has 1 aromatic carbocycles. The number of nitrogens with zero attached hydrogens (tertiary/aromatic N) is 2. The monoisotopic (exact) mass is 331 g/mol. The Balaban J connectivity index is 3.18. The third-order valence-corrected chi connectivity index (χ3v) is 2.81. The van der Waals surface area contributed by atoms with Gasteiger partial charge in [-0.15, -0.1) is 0 Å². The van der Waals surface area contributed by atoms with E-state index in [1.165, 1.54) is 6.07 Å². The number of benzene rings is 1. The summed E-state index contributed by atoms with van der Waals surface area (Å²) >= 11 is 5.55. The second kappa shape index (κ2) is 6.36. The number of halogens is 4. The Labute approximate surface area is 130 Å². The van der Waals surface area contributed by atoms with Crippen molar-refractivity contribution in [3.8, 4) is 6.07 Å². The van der Waals surface area contributed by atoms with Crippen molar-refractivity contribution in [3.05, 3.63) is 28.8 Å². The van der Waals surface area contributed by atoms with E-state index in [1.807, 2.05) is 0 Å². The third kappa shape index (κ3) is 4.46. The number of ketones is 1. The lowest BCUT2D eigenvalue weighted by atomic mass is 9.88. The van der Waals surface area contributed by atoms with Crippen molar-refractivity contribution in [3.63, 3.8) is 0 Å². The zero-order valence-electron chi connectivity index (χ0n) is 12.0. The summed E-state index contributed by atoms with van der Waals surface area (Å²) in [5.41, 5.74) is -0.694. The van der Waals surface area contributed by atoms with Gasteiger partial charge in [0.05, 0.1) is 11.3 Å². The molecule has 0 radical (unpaired) electrons. The maximum absolute atomic E-state index is 12.9. The van der Waals surface area contributed by atoms with Crippen molar-refractivity contribution >= 4 is 28.8 Å². The molecule has 0 bridgehead atoms. The molecule has 0 aliphatic heterocycles. The van der Waals surface area contributed by atoms with Gasteiger partial charge in [0, 0.05) is 10.4 Å². The van der Waals surface area contributed by atoms with E-state index in [9.17, 15) is 18.0 Å². The summed E-state index contributed by atoms with van der Waals surface area (Å²) < 4.78 is 38.7. The van der Waals surface area contributed by atoms with Crippen molar-refractivity contribution < 1.29 is 18.0 Å². The minimum absolute atomic E-state index is 0.0897. The molecule has 0 atom stereocenters. The van der Waals surface area contributed by atoms with Crippen molar-refractivity contribution in [2.75, 3.05) is 5.43 Å². The summed E-state index contributed by atoms with van der Waals surface area (Å²) in [5.74, 6) is -0.579. The summed E-state index contributed by atoms with van der Waals surface area (Å²) in [6.45, 7) is 4.73. The van der Waals surface area contributed by atoms with Crippen molar-refractivity contribution in [2.24, 2.45) is 10.5 Å². The molecule has 4 nitrogen and oxygen atoms in total. The van der Waals surface area contributed by atoms with E-state index in [0.29, 0.717) is 0 Å². The number of carbonyl (C=O) groups is 1. The first-order valence-corrected chi connectivity index (χ1v) is 6.50. The van der Waals surface area contributed by atoms with E-state index in [2.05, 4.69) is 10.5 Å². The van der Waals surface area contributed by atoms with E-state index in [4.69, 9.17) is 16.9 Å². The van der Waals surface area contributed by atoms with Gasteiger partial charge in [0.25, 0.3) is 0 Å². The summed E-state index contributed by atoms with van der Waals surface area (Å²) in [6, 6.07) is 4.63. The first kappa shape index (κ1) is 18.0. The Kier molecular flexibility index (Phi) is 5.20. The molecule has 0 amide bonds. The number of rotatable bonds is 3. The SMILES string of the molecule is CC(C)(C)C(=O)/C(C#N)=N/Nc1ccc(Cl)cc1C(F)(F)F. The topological polar surface area (TPSA) is 65.2 Å². The highest BCUT2D eigenvalue weighted by molar-refractivity contribution is 6.47. The number of hydrazone groups is 1. The smallest absolute Gasteiger partial charge is 0.291 e. The molecular formula is C14H13ClF3N3O. The van der Waals surface area contributed by atoms with Crippen LogP contribution < -0.4 is 5.43 Å². The number of carbonyl (C=O) groups excluding carboxylic acids is 1. The van der Waals surface area contributed by atoms with Crippen molar-refractivity contribution in [2.45, 2.75) is 26.9 Å².